The molecule has 0 amide bonds. The van der Waals surface area contributed by atoms with Gasteiger partial charge in [0.15, 0.2) is 0 Å². The van der Waals surface area contributed by atoms with Gasteiger partial charge in [-0.2, -0.15) is 0 Å². The molecule has 0 atom stereocenters. The van der Waals surface area contributed by atoms with E-state index < -0.39 is 0 Å². The molecule has 1 nitrogen and oxygen atoms in total. The van der Waals surface area contributed by atoms with Gasteiger partial charge in [-0.15, -0.1) is 0 Å². The third kappa shape index (κ3) is 12.0. The quantitative estimate of drug-likeness (QED) is 0.583. The fraction of sp³-hybridized carbons (Fsp3) is 1.00. The van der Waals surface area contributed by atoms with Gasteiger partial charge in [-0.25, -0.2) is 0 Å². The molecule has 0 spiro atoms. The van der Waals surface area contributed by atoms with Gasteiger partial charge in [0.1, 0.15) is 0 Å². The lowest BCUT2D eigenvalue weighted by Gasteiger charge is -2.17. The zero-order valence-electron chi connectivity index (χ0n) is 10.7. The minimum absolute atomic E-state index is 0.534. The van der Waals surface area contributed by atoms with Crippen LogP contribution in [0.5, 0.6) is 0 Å². The van der Waals surface area contributed by atoms with Gasteiger partial charge in [-0.05, 0) is 31.8 Å². The monoisotopic (exact) mass is 199 g/mol. The molecule has 1 N–H and O–H groups in total. The van der Waals surface area contributed by atoms with Crippen LogP contribution in [0.4, 0.5) is 0 Å². The van der Waals surface area contributed by atoms with E-state index in [1.165, 1.54) is 51.5 Å². The van der Waals surface area contributed by atoms with E-state index in [1.807, 2.05) is 7.05 Å². The highest BCUT2D eigenvalue weighted by molar-refractivity contribution is 4.61. The minimum Gasteiger partial charge on any atom is -0.320 e. The lowest BCUT2D eigenvalue weighted by Crippen LogP contribution is -2.07. The molecule has 0 aromatic carbocycles. The first-order chi connectivity index (χ1) is 6.56. The van der Waals surface area contributed by atoms with Gasteiger partial charge in [0.25, 0.3) is 0 Å². The molecule has 0 aromatic rings. The first-order valence-electron chi connectivity index (χ1n) is 6.21. The number of rotatable bonds is 8. The van der Waals surface area contributed by atoms with Gasteiger partial charge < -0.3 is 5.32 Å². The number of hydrogen-bond acceptors (Lipinski definition) is 1. The Morgan fingerprint density at radius 1 is 0.786 bits per heavy atom. The maximum absolute atomic E-state index is 3.19. The van der Waals surface area contributed by atoms with E-state index in [0.29, 0.717) is 5.41 Å². The molecular formula is C13H29N. The Kier molecular flexibility index (Phi) is 8.26. The summed E-state index contributed by atoms with van der Waals surface area (Å²) in [6, 6.07) is 0. The van der Waals surface area contributed by atoms with Crippen LogP contribution in [-0.4, -0.2) is 13.6 Å². The highest BCUT2D eigenvalue weighted by atomic mass is 14.8. The molecule has 0 fully saturated rings. The van der Waals surface area contributed by atoms with E-state index in [1.54, 1.807) is 0 Å². The molecule has 0 unspecified atom stereocenters. The van der Waals surface area contributed by atoms with Gasteiger partial charge >= 0.3 is 0 Å². The summed E-state index contributed by atoms with van der Waals surface area (Å²) in [6.07, 6.45) is 9.81. The van der Waals surface area contributed by atoms with Crippen molar-refractivity contribution in [2.24, 2.45) is 5.41 Å². The van der Waals surface area contributed by atoms with Gasteiger partial charge in [-0.3, -0.25) is 0 Å². The number of hydrogen-bond donors (Lipinski definition) is 1. The van der Waals surface area contributed by atoms with Crippen LogP contribution in [0, 0.1) is 5.41 Å². The van der Waals surface area contributed by atoms with Gasteiger partial charge in [0.05, 0.1) is 0 Å². The van der Waals surface area contributed by atoms with E-state index in [4.69, 9.17) is 0 Å². The van der Waals surface area contributed by atoms with Crippen molar-refractivity contribution < 1.29 is 0 Å². The van der Waals surface area contributed by atoms with Crippen LogP contribution in [0.2, 0.25) is 0 Å². The van der Waals surface area contributed by atoms with Crippen LogP contribution < -0.4 is 5.32 Å². The van der Waals surface area contributed by atoms with Crippen LogP contribution in [-0.2, 0) is 0 Å². The van der Waals surface area contributed by atoms with E-state index in [2.05, 4.69) is 26.1 Å². The van der Waals surface area contributed by atoms with E-state index in [0.717, 1.165) is 0 Å². The maximum Gasteiger partial charge on any atom is -0.00519 e. The summed E-state index contributed by atoms with van der Waals surface area (Å²) in [7, 11) is 2.03. The molecule has 0 heterocycles. The summed E-state index contributed by atoms with van der Waals surface area (Å²) >= 11 is 0. The third-order valence-corrected chi connectivity index (χ3v) is 2.60. The minimum atomic E-state index is 0.534. The molecule has 0 aromatic heterocycles. The Bertz CT molecular complexity index is 113. The molecule has 0 aliphatic carbocycles. The predicted octanol–water partition coefficient (Wildman–Crippen LogP) is 3.98. The summed E-state index contributed by atoms with van der Waals surface area (Å²) < 4.78 is 0. The summed E-state index contributed by atoms with van der Waals surface area (Å²) in [5.74, 6) is 0. The Hall–Kier alpha value is -0.0400. The Balaban J connectivity index is 2.99. The van der Waals surface area contributed by atoms with E-state index in [-0.39, 0.29) is 0 Å². The Morgan fingerprint density at radius 2 is 1.29 bits per heavy atom. The second kappa shape index (κ2) is 8.28. The van der Waals surface area contributed by atoms with Crippen molar-refractivity contribution in [1.29, 1.82) is 0 Å². The summed E-state index contributed by atoms with van der Waals surface area (Å²) in [5, 5.41) is 3.19. The fourth-order valence-electron chi connectivity index (χ4n) is 1.66. The van der Waals surface area contributed by atoms with Crippen molar-refractivity contribution in [3.05, 3.63) is 0 Å². The molecule has 14 heavy (non-hydrogen) atoms. The molecule has 0 radical (unpaired) electrons. The van der Waals surface area contributed by atoms with Crippen LogP contribution in [0.25, 0.3) is 0 Å². The molecular weight excluding hydrogens is 170 g/mol. The first kappa shape index (κ1) is 14.0. The first-order valence-corrected chi connectivity index (χ1v) is 6.21. The van der Waals surface area contributed by atoms with Crippen molar-refractivity contribution in [2.75, 3.05) is 13.6 Å². The zero-order chi connectivity index (χ0) is 10.9. The highest BCUT2D eigenvalue weighted by Gasteiger charge is 2.08. The Labute approximate surface area is 90.7 Å². The van der Waals surface area contributed by atoms with E-state index >= 15 is 0 Å². The molecule has 0 bridgehead atoms. The van der Waals surface area contributed by atoms with Crippen molar-refractivity contribution in [1.82, 2.24) is 5.32 Å². The van der Waals surface area contributed by atoms with Crippen LogP contribution >= 0.6 is 0 Å². The molecule has 0 rings (SSSR count). The maximum atomic E-state index is 3.19. The van der Waals surface area contributed by atoms with E-state index in [9.17, 15) is 0 Å². The van der Waals surface area contributed by atoms with Crippen LogP contribution in [0.1, 0.15) is 65.7 Å². The lowest BCUT2D eigenvalue weighted by molar-refractivity contribution is 0.356. The SMILES string of the molecule is CNCCCCCCCCC(C)(C)C. The molecule has 0 saturated heterocycles. The molecule has 1 heteroatoms. The predicted molar refractivity (Wildman–Crippen MR) is 65.7 cm³/mol. The van der Waals surface area contributed by atoms with Gasteiger partial charge in [0.2, 0.25) is 0 Å². The second-order valence-electron chi connectivity index (χ2n) is 5.54. The second-order valence-corrected chi connectivity index (χ2v) is 5.54. The summed E-state index contributed by atoms with van der Waals surface area (Å²) in [5.41, 5.74) is 0.534. The summed E-state index contributed by atoms with van der Waals surface area (Å²) in [6.45, 7) is 8.18. The zero-order valence-corrected chi connectivity index (χ0v) is 10.7. The van der Waals surface area contributed by atoms with Gasteiger partial charge in [-0.1, -0.05) is 52.9 Å². The van der Waals surface area contributed by atoms with Gasteiger partial charge in [0, 0.05) is 0 Å². The van der Waals surface area contributed by atoms with Crippen LogP contribution in [0.15, 0.2) is 0 Å². The summed E-state index contributed by atoms with van der Waals surface area (Å²) in [4.78, 5) is 0. The standard InChI is InChI=1S/C13H29N/c1-13(2,3)11-9-7-5-6-8-10-12-14-4/h14H,5-12H2,1-4H3. The average molecular weight is 199 g/mol. The van der Waals surface area contributed by atoms with Crippen molar-refractivity contribution in [3.63, 3.8) is 0 Å². The molecule has 0 aliphatic heterocycles. The third-order valence-electron chi connectivity index (χ3n) is 2.60. The number of nitrogens with one attached hydrogen (secondary N) is 1. The highest BCUT2D eigenvalue weighted by Crippen LogP contribution is 2.22. The average Bonchev–Trinajstić information content (AvgIpc) is 2.08. The normalized spacial score (nSPS) is 12.0. The van der Waals surface area contributed by atoms with Crippen molar-refractivity contribution in [3.8, 4) is 0 Å². The smallest absolute Gasteiger partial charge is 0.00519 e. The van der Waals surface area contributed by atoms with Crippen molar-refractivity contribution in [2.45, 2.75) is 65.7 Å². The lowest BCUT2D eigenvalue weighted by atomic mass is 9.89. The fourth-order valence-corrected chi connectivity index (χ4v) is 1.66. The molecule has 0 saturated carbocycles. The topological polar surface area (TPSA) is 12.0 Å². The number of unbranched alkanes of at least 4 members (excludes halogenated alkanes) is 5. The van der Waals surface area contributed by atoms with Crippen LogP contribution in [0.3, 0.4) is 0 Å². The molecule has 0 aliphatic rings. The molecule has 86 valence electrons. The Morgan fingerprint density at radius 3 is 1.79 bits per heavy atom. The van der Waals surface area contributed by atoms with Crippen molar-refractivity contribution >= 4 is 0 Å². The largest absolute Gasteiger partial charge is 0.320 e.